The fourth-order valence-electron chi connectivity index (χ4n) is 2.58. The van der Waals surface area contributed by atoms with Crippen molar-refractivity contribution in [3.63, 3.8) is 0 Å². The van der Waals surface area contributed by atoms with Crippen LogP contribution in [0.25, 0.3) is 21.8 Å². The van der Waals surface area contributed by atoms with E-state index in [0.29, 0.717) is 22.0 Å². The van der Waals surface area contributed by atoms with E-state index >= 15 is 0 Å². The molecule has 0 aliphatic rings. The lowest BCUT2D eigenvalue weighted by Gasteiger charge is -2.06. The molecule has 3 N–H and O–H groups in total. The zero-order valence-electron chi connectivity index (χ0n) is 15.1. The number of thiazole rings is 1. The predicted molar refractivity (Wildman–Crippen MR) is 103 cm³/mol. The highest BCUT2D eigenvalue weighted by molar-refractivity contribution is 7.15. The number of aromatic carboxylic acids is 1. The van der Waals surface area contributed by atoms with Crippen LogP contribution in [0.4, 0.5) is 4.79 Å². The first-order valence-electron chi connectivity index (χ1n) is 8.21. The van der Waals surface area contributed by atoms with E-state index in [0.717, 1.165) is 10.6 Å². The van der Waals surface area contributed by atoms with Crippen LogP contribution >= 0.6 is 11.3 Å². The third kappa shape index (κ3) is 4.09. The van der Waals surface area contributed by atoms with Crippen LogP contribution in [-0.4, -0.2) is 39.4 Å². The molecule has 8 nitrogen and oxygen atoms in total. The monoisotopic (exact) mass is 399 g/mol. The maximum absolute atomic E-state index is 11.2. The molecule has 0 saturated carbocycles. The number of rotatable bonds is 5. The minimum atomic E-state index is -1.20. The average molecular weight is 399 g/mol. The first-order valence-corrected chi connectivity index (χ1v) is 9.03. The minimum absolute atomic E-state index is 0.166. The summed E-state index contributed by atoms with van der Waals surface area (Å²) in [5, 5.41) is 22.3. The Labute approximate surface area is 164 Å². The molecule has 0 fully saturated rings. The van der Waals surface area contributed by atoms with Crippen LogP contribution in [0.15, 0.2) is 36.4 Å². The number of amides is 1. The van der Waals surface area contributed by atoms with Gasteiger partial charge in [0.05, 0.1) is 35.6 Å². The summed E-state index contributed by atoms with van der Waals surface area (Å²) in [5.41, 5.74) is 2.49. The average Bonchev–Trinajstić information content (AvgIpc) is 3.06. The van der Waals surface area contributed by atoms with Gasteiger partial charge < -0.3 is 20.3 Å². The second kappa shape index (κ2) is 8.05. The standard InChI is InChI=1S/C19H17N3O5S/c1-10-17(28-16(21-10)9-20-19(26)27-2)14-5-3-4-13(22-14)11-6-7-12(18(24)25)15(23)8-11/h3-8,23H,9H2,1-2H3,(H,20,26)(H,24,25). The number of carboxylic acid groups (broad SMARTS) is 1. The SMILES string of the molecule is COC(=O)NCc1nc(C)c(-c2cccc(-c3ccc(C(=O)O)c(O)c3)n2)s1. The van der Waals surface area contributed by atoms with E-state index in [1.807, 2.05) is 19.1 Å². The fraction of sp³-hybridized carbons (Fsp3) is 0.158. The third-order valence-electron chi connectivity index (χ3n) is 3.92. The number of ether oxygens (including phenoxy) is 1. The molecule has 0 aliphatic carbocycles. The topological polar surface area (TPSA) is 122 Å². The largest absolute Gasteiger partial charge is 0.507 e. The third-order valence-corrected chi connectivity index (χ3v) is 5.10. The van der Waals surface area contributed by atoms with Crippen molar-refractivity contribution in [2.24, 2.45) is 0 Å². The smallest absolute Gasteiger partial charge is 0.407 e. The number of hydrogen-bond acceptors (Lipinski definition) is 7. The lowest BCUT2D eigenvalue weighted by Crippen LogP contribution is -2.22. The van der Waals surface area contributed by atoms with Gasteiger partial charge in [-0.25, -0.2) is 19.6 Å². The molecule has 28 heavy (non-hydrogen) atoms. The van der Waals surface area contributed by atoms with Gasteiger partial charge in [-0.1, -0.05) is 12.1 Å². The van der Waals surface area contributed by atoms with Gasteiger partial charge in [0, 0.05) is 5.56 Å². The van der Waals surface area contributed by atoms with E-state index < -0.39 is 12.1 Å². The van der Waals surface area contributed by atoms with Crippen LogP contribution in [0.1, 0.15) is 21.1 Å². The normalized spacial score (nSPS) is 10.5. The zero-order valence-corrected chi connectivity index (χ0v) is 15.9. The molecule has 0 unspecified atom stereocenters. The van der Waals surface area contributed by atoms with Crippen molar-refractivity contribution < 1.29 is 24.5 Å². The fourth-order valence-corrected chi connectivity index (χ4v) is 3.55. The van der Waals surface area contributed by atoms with Gasteiger partial charge in [0.1, 0.15) is 16.3 Å². The Morgan fingerprint density at radius 1 is 1.18 bits per heavy atom. The highest BCUT2D eigenvalue weighted by atomic mass is 32.1. The molecule has 0 bridgehead atoms. The molecule has 0 spiro atoms. The number of methoxy groups -OCH3 is 1. The van der Waals surface area contributed by atoms with Crippen LogP contribution < -0.4 is 5.32 Å². The number of carboxylic acids is 1. The summed E-state index contributed by atoms with van der Waals surface area (Å²) >= 11 is 1.41. The van der Waals surface area contributed by atoms with Crippen LogP contribution in [0.5, 0.6) is 5.75 Å². The van der Waals surface area contributed by atoms with Gasteiger partial charge in [-0.3, -0.25) is 0 Å². The summed E-state index contributed by atoms with van der Waals surface area (Å²) in [6, 6.07) is 9.75. The number of hydrogen-bond donors (Lipinski definition) is 3. The zero-order chi connectivity index (χ0) is 20.3. The van der Waals surface area contributed by atoms with E-state index in [1.54, 1.807) is 12.1 Å². The molecule has 9 heteroatoms. The number of alkyl carbamates (subject to hydrolysis) is 1. The Kier molecular flexibility index (Phi) is 5.55. The number of phenols is 1. The van der Waals surface area contributed by atoms with Crippen LogP contribution in [-0.2, 0) is 11.3 Å². The van der Waals surface area contributed by atoms with E-state index in [-0.39, 0.29) is 17.9 Å². The lowest BCUT2D eigenvalue weighted by atomic mass is 10.1. The second-order valence-corrected chi connectivity index (χ2v) is 6.90. The molecule has 144 valence electrons. The molecule has 0 radical (unpaired) electrons. The van der Waals surface area contributed by atoms with Gasteiger partial charge in [-0.05, 0) is 31.2 Å². The number of carbonyl (C=O) groups excluding carboxylic acids is 1. The first-order chi connectivity index (χ1) is 13.4. The van der Waals surface area contributed by atoms with Gasteiger partial charge >= 0.3 is 12.1 Å². The molecule has 0 aliphatic heterocycles. The number of aromatic nitrogens is 2. The van der Waals surface area contributed by atoms with Gasteiger partial charge in [-0.2, -0.15) is 0 Å². The summed E-state index contributed by atoms with van der Waals surface area (Å²) in [6.45, 7) is 2.11. The van der Waals surface area contributed by atoms with E-state index in [4.69, 9.17) is 5.11 Å². The minimum Gasteiger partial charge on any atom is -0.507 e. The van der Waals surface area contributed by atoms with E-state index in [2.05, 4.69) is 20.0 Å². The number of nitrogens with zero attached hydrogens (tertiary/aromatic N) is 2. The Morgan fingerprint density at radius 3 is 2.61 bits per heavy atom. The molecular formula is C19H17N3O5S. The Bertz CT molecular complexity index is 1050. The first kappa shape index (κ1) is 19.3. The van der Waals surface area contributed by atoms with Gasteiger partial charge in [-0.15, -0.1) is 11.3 Å². The molecule has 2 heterocycles. The van der Waals surface area contributed by atoms with Crippen LogP contribution in [0.3, 0.4) is 0 Å². The number of nitrogens with one attached hydrogen (secondary N) is 1. The summed E-state index contributed by atoms with van der Waals surface area (Å²) in [5.74, 6) is -1.51. The molecule has 0 saturated heterocycles. The maximum Gasteiger partial charge on any atom is 0.407 e. The van der Waals surface area contributed by atoms with Crippen molar-refractivity contribution in [1.82, 2.24) is 15.3 Å². The summed E-state index contributed by atoms with van der Waals surface area (Å²) in [7, 11) is 1.30. The number of aryl methyl sites for hydroxylation is 1. The van der Waals surface area contributed by atoms with Crippen molar-refractivity contribution in [1.29, 1.82) is 0 Å². The van der Waals surface area contributed by atoms with E-state index in [9.17, 15) is 14.7 Å². The molecule has 3 rings (SSSR count). The van der Waals surface area contributed by atoms with Gasteiger partial charge in [0.2, 0.25) is 0 Å². The number of pyridine rings is 1. The van der Waals surface area contributed by atoms with Crippen molar-refractivity contribution in [2.75, 3.05) is 7.11 Å². The molecule has 1 amide bonds. The van der Waals surface area contributed by atoms with Crippen LogP contribution in [0.2, 0.25) is 0 Å². The number of aromatic hydroxyl groups is 1. The van der Waals surface area contributed by atoms with E-state index in [1.165, 1.54) is 30.6 Å². The lowest BCUT2D eigenvalue weighted by molar-refractivity contribution is 0.0693. The summed E-state index contributed by atoms with van der Waals surface area (Å²) < 4.78 is 4.55. The molecule has 0 atom stereocenters. The van der Waals surface area contributed by atoms with Crippen molar-refractivity contribution in [3.8, 4) is 27.6 Å². The molecular weight excluding hydrogens is 382 g/mol. The summed E-state index contributed by atoms with van der Waals surface area (Å²) in [6.07, 6.45) is -0.529. The highest BCUT2D eigenvalue weighted by Gasteiger charge is 2.14. The quantitative estimate of drug-likeness (QED) is 0.601. The predicted octanol–water partition coefficient (Wildman–Crippen LogP) is 3.44. The van der Waals surface area contributed by atoms with Crippen molar-refractivity contribution >= 4 is 23.4 Å². The molecule has 1 aromatic carbocycles. The van der Waals surface area contributed by atoms with Crippen molar-refractivity contribution in [3.05, 3.63) is 52.7 Å². The Hall–Kier alpha value is -3.46. The number of benzene rings is 1. The van der Waals surface area contributed by atoms with Crippen molar-refractivity contribution in [2.45, 2.75) is 13.5 Å². The molecule has 3 aromatic rings. The summed E-state index contributed by atoms with van der Waals surface area (Å²) in [4.78, 5) is 32.2. The molecule has 2 aromatic heterocycles. The van der Waals surface area contributed by atoms with Crippen LogP contribution in [0, 0.1) is 6.92 Å². The second-order valence-electron chi connectivity index (χ2n) is 5.81. The van der Waals surface area contributed by atoms with Gasteiger partial charge in [0.25, 0.3) is 0 Å². The highest BCUT2D eigenvalue weighted by Crippen LogP contribution is 2.31. The number of carbonyl (C=O) groups is 2. The maximum atomic E-state index is 11.2. The Morgan fingerprint density at radius 2 is 1.93 bits per heavy atom. The van der Waals surface area contributed by atoms with Gasteiger partial charge in [0.15, 0.2) is 0 Å². The Balaban J connectivity index is 1.90.